The van der Waals surface area contributed by atoms with Crippen LogP contribution in [0.1, 0.15) is 25.0 Å². The summed E-state index contributed by atoms with van der Waals surface area (Å²) >= 11 is 1.46. The SMILES string of the molecule is CC1(C)c2ccccc2-c2ccc(-c3nc(-c4cccc(N(c5cccc6ccccc56)c5cccc6ccccc56)c4)ns3)cc21. The highest BCUT2D eigenvalue weighted by Gasteiger charge is 2.35. The first-order valence-corrected chi connectivity index (χ1v) is 16.8. The van der Waals surface area contributed by atoms with E-state index in [1.54, 1.807) is 0 Å². The highest BCUT2D eigenvalue weighted by molar-refractivity contribution is 7.09. The van der Waals surface area contributed by atoms with Gasteiger partial charge in [-0.25, -0.2) is 4.98 Å². The summed E-state index contributed by atoms with van der Waals surface area (Å²) in [6.45, 7) is 4.63. The summed E-state index contributed by atoms with van der Waals surface area (Å²) in [5.41, 5.74) is 10.7. The molecule has 47 heavy (non-hydrogen) atoms. The maximum atomic E-state index is 5.11. The summed E-state index contributed by atoms with van der Waals surface area (Å²) < 4.78 is 4.89. The van der Waals surface area contributed by atoms with Crippen LogP contribution in [-0.4, -0.2) is 9.36 Å². The number of hydrogen-bond donors (Lipinski definition) is 0. The molecule has 0 saturated carbocycles. The predicted octanol–water partition coefficient (Wildman–Crippen LogP) is 12.0. The fourth-order valence-electron chi connectivity index (χ4n) is 7.29. The molecule has 1 heterocycles. The maximum absolute atomic E-state index is 5.11. The molecule has 0 fully saturated rings. The van der Waals surface area contributed by atoms with E-state index in [4.69, 9.17) is 9.36 Å². The molecule has 9 rings (SSSR count). The van der Waals surface area contributed by atoms with E-state index in [2.05, 4.69) is 170 Å². The van der Waals surface area contributed by atoms with E-state index >= 15 is 0 Å². The van der Waals surface area contributed by atoms with Crippen LogP contribution in [0.4, 0.5) is 17.1 Å². The Morgan fingerprint density at radius 2 is 1.15 bits per heavy atom. The van der Waals surface area contributed by atoms with Gasteiger partial charge in [-0.3, -0.25) is 0 Å². The predicted molar refractivity (Wildman–Crippen MR) is 198 cm³/mol. The second-order valence-corrected chi connectivity index (χ2v) is 13.5. The first-order chi connectivity index (χ1) is 23.1. The van der Waals surface area contributed by atoms with Gasteiger partial charge in [-0.15, -0.1) is 0 Å². The second-order valence-electron chi connectivity index (χ2n) is 12.7. The number of benzene rings is 7. The minimum Gasteiger partial charge on any atom is -0.309 e. The maximum Gasteiger partial charge on any atom is 0.173 e. The van der Waals surface area contributed by atoms with Crippen LogP contribution in [-0.2, 0) is 5.41 Å². The van der Waals surface area contributed by atoms with E-state index in [-0.39, 0.29) is 5.41 Å². The summed E-state index contributed by atoms with van der Waals surface area (Å²) in [6.07, 6.45) is 0. The smallest absolute Gasteiger partial charge is 0.173 e. The molecule has 0 aliphatic heterocycles. The van der Waals surface area contributed by atoms with Gasteiger partial charge in [-0.05, 0) is 74.9 Å². The van der Waals surface area contributed by atoms with Crippen molar-refractivity contribution in [3.63, 3.8) is 0 Å². The van der Waals surface area contributed by atoms with Gasteiger partial charge >= 0.3 is 0 Å². The van der Waals surface area contributed by atoms with Gasteiger partial charge in [0.05, 0.1) is 11.4 Å². The molecular weight excluding hydrogens is 591 g/mol. The van der Waals surface area contributed by atoms with Crippen LogP contribution in [0.25, 0.3) is 54.6 Å². The molecule has 0 saturated heterocycles. The number of nitrogens with zero attached hydrogens (tertiary/aromatic N) is 3. The molecule has 3 nitrogen and oxygen atoms in total. The van der Waals surface area contributed by atoms with Crippen LogP contribution in [0, 0.1) is 0 Å². The minimum absolute atomic E-state index is 0.0591. The zero-order valence-corrected chi connectivity index (χ0v) is 27.0. The van der Waals surface area contributed by atoms with E-state index in [1.807, 2.05) is 0 Å². The lowest BCUT2D eigenvalue weighted by molar-refractivity contribution is 0.660. The first kappa shape index (κ1) is 27.7. The lowest BCUT2D eigenvalue weighted by atomic mass is 9.82. The Morgan fingerprint density at radius 1 is 0.532 bits per heavy atom. The van der Waals surface area contributed by atoms with Gasteiger partial charge in [0.1, 0.15) is 5.01 Å². The average Bonchev–Trinajstić information content (AvgIpc) is 3.70. The molecule has 1 aliphatic rings. The third kappa shape index (κ3) is 4.48. The first-order valence-electron chi connectivity index (χ1n) is 16.0. The van der Waals surface area contributed by atoms with Gasteiger partial charge in [0, 0.05) is 33.0 Å². The van der Waals surface area contributed by atoms with Crippen LogP contribution < -0.4 is 4.90 Å². The van der Waals surface area contributed by atoms with Crippen molar-refractivity contribution in [1.29, 1.82) is 0 Å². The minimum atomic E-state index is -0.0591. The quantitative estimate of drug-likeness (QED) is 0.191. The van der Waals surface area contributed by atoms with Crippen molar-refractivity contribution < 1.29 is 0 Å². The van der Waals surface area contributed by atoms with Crippen molar-refractivity contribution in [2.24, 2.45) is 0 Å². The van der Waals surface area contributed by atoms with Crippen molar-refractivity contribution in [2.75, 3.05) is 4.90 Å². The molecule has 8 aromatic rings. The molecule has 4 heteroatoms. The number of fused-ring (bicyclic) bond motifs is 5. The van der Waals surface area contributed by atoms with Crippen LogP contribution in [0.15, 0.2) is 152 Å². The van der Waals surface area contributed by atoms with Crippen molar-refractivity contribution in [2.45, 2.75) is 19.3 Å². The van der Waals surface area contributed by atoms with E-state index in [9.17, 15) is 0 Å². The molecular formula is C43H31N3S. The molecule has 1 aliphatic carbocycles. The Hall–Kier alpha value is -5.58. The molecule has 0 amide bonds. The third-order valence-corrected chi connectivity index (χ3v) is 10.4. The van der Waals surface area contributed by atoms with Crippen molar-refractivity contribution >= 4 is 50.1 Å². The van der Waals surface area contributed by atoms with Gasteiger partial charge in [0.2, 0.25) is 0 Å². The summed E-state index contributed by atoms with van der Waals surface area (Å²) in [7, 11) is 0. The average molecular weight is 622 g/mol. The lowest BCUT2D eigenvalue weighted by Gasteiger charge is -2.28. The topological polar surface area (TPSA) is 29.0 Å². The molecule has 0 spiro atoms. The van der Waals surface area contributed by atoms with Crippen molar-refractivity contribution in [3.05, 3.63) is 163 Å². The van der Waals surface area contributed by atoms with E-state index in [0.717, 1.165) is 39.0 Å². The molecule has 0 radical (unpaired) electrons. The molecule has 0 atom stereocenters. The second kappa shape index (κ2) is 10.8. The van der Waals surface area contributed by atoms with E-state index < -0.39 is 0 Å². The Balaban J connectivity index is 1.15. The Labute approximate surface area is 278 Å². The molecule has 0 N–H and O–H groups in total. The summed E-state index contributed by atoms with van der Waals surface area (Å²) in [4.78, 5) is 7.48. The van der Waals surface area contributed by atoms with E-state index in [0.29, 0.717) is 0 Å². The Bertz CT molecular complexity index is 2380. The monoisotopic (exact) mass is 621 g/mol. The van der Waals surface area contributed by atoms with Crippen LogP contribution >= 0.6 is 11.5 Å². The summed E-state index contributed by atoms with van der Waals surface area (Å²) in [5.74, 6) is 0.741. The van der Waals surface area contributed by atoms with Gasteiger partial charge < -0.3 is 4.90 Å². The summed E-state index contributed by atoms with van der Waals surface area (Å²) in [6, 6.07) is 54.4. The fraction of sp³-hybridized carbons (Fsp3) is 0.0698. The molecule has 224 valence electrons. The molecule has 0 bridgehead atoms. The van der Waals surface area contributed by atoms with Crippen LogP contribution in [0.3, 0.4) is 0 Å². The highest BCUT2D eigenvalue weighted by atomic mass is 32.1. The Kier molecular flexibility index (Phi) is 6.34. The molecule has 1 aromatic heterocycles. The van der Waals surface area contributed by atoms with Crippen LogP contribution in [0.2, 0.25) is 0 Å². The van der Waals surface area contributed by atoms with Gasteiger partial charge in [0.15, 0.2) is 5.82 Å². The third-order valence-electron chi connectivity index (χ3n) is 9.63. The molecule has 7 aromatic carbocycles. The van der Waals surface area contributed by atoms with Crippen molar-refractivity contribution in [3.8, 4) is 33.1 Å². The normalized spacial score (nSPS) is 13.1. The number of rotatable bonds is 5. The number of hydrogen-bond acceptors (Lipinski definition) is 4. The largest absolute Gasteiger partial charge is 0.309 e. The Morgan fingerprint density at radius 3 is 1.89 bits per heavy atom. The van der Waals surface area contributed by atoms with Gasteiger partial charge in [-0.2, -0.15) is 4.37 Å². The highest BCUT2D eigenvalue weighted by Crippen LogP contribution is 2.50. The zero-order chi connectivity index (χ0) is 31.5. The van der Waals surface area contributed by atoms with Gasteiger partial charge in [-0.1, -0.05) is 135 Å². The van der Waals surface area contributed by atoms with Crippen molar-refractivity contribution in [1.82, 2.24) is 9.36 Å². The van der Waals surface area contributed by atoms with Gasteiger partial charge in [0.25, 0.3) is 0 Å². The summed E-state index contributed by atoms with van der Waals surface area (Å²) in [5, 5.41) is 5.74. The lowest BCUT2D eigenvalue weighted by Crippen LogP contribution is -2.14. The van der Waals surface area contributed by atoms with Crippen LogP contribution in [0.5, 0.6) is 0 Å². The van der Waals surface area contributed by atoms with E-state index in [1.165, 1.54) is 55.3 Å². The zero-order valence-electron chi connectivity index (χ0n) is 26.2. The standard InChI is InChI=1S/C43H31N3S/c1-43(2)37-21-8-7-20-35(37)36-25-24-31(27-38(36)43)42-44-41(45-47-42)30-16-9-17-32(26-30)46(39-22-10-14-28-12-3-5-18-33(28)39)40-23-11-15-29-13-4-6-19-34(29)40/h3-27H,1-2H3. The number of anilines is 3. The fourth-order valence-corrected chi connectivity index (χ4v) is 7.97. The molecule has 0 unspecified atom stereocenters. The number of aromatic nitrogens is 2.